The smallest absolute Gasteiger partial charge is 0.228 e. The molecule has 1 aliphatic heterocycles. The molecule has 1 aromatic rings. The fraction of sp³-hybridized carbons (Fsp3) is 0.500. The molecule has 0 aromatic heterocycles. The van der Waals surface area contributed by atoms with E-state index in [1.807, 2.05) is 31.2 Å². The van der Waals surface area contributed by atoms with Crippen LogP contribution in [0, 0.1) is 5.92 Å². The molecule has 1 amide bonds. The number of benzene rings is 1. The minimum Gasteiger partial charge on any atom is -0.492 e. The summed E-state index contributed by atoms with van der Waals surface area (Å²) in [6, 6.07) is 7.55. The molecule has 0 unspecified atom stereocenters. The number of para-hydroxylation sites is 2. The molecule has 1 atom stereocenters. The van der Waals surface area contributed by atoms with E-state index < -0.39 is 0 Å². The molecule has 1 heterocycles. The van der Waals surface area contributed by atoms with Gasteiger partial charge in [0.25, 0.3) is 0 Å². The first-order chi connectivity index (χ1) is 8.81. The number of carbonyl (C=O) groups excluding carboxylic acids is 1. The molecule has 1 fully saturated rings. The number of piperidine rings is 1. The Kier molecular flexibility index (Phi) is 6.67. The molecule has 0 spiro atoms. The zero-order valence-corrected chi connectivity index (χ0v) is 12.0. The van der Waals surface area contributed by atoms with E-state index in [0.717, 1.165) is 37.4 Å². The van der Waals surface area contributed by atoms with Crippen molar-refractivity contribution in [2.75, 3.05) is 25.0 Å². The molecule has 106 valence electrons. The van der Waals surface area contributed by atoms with Crippen molar-refractivity contribution in [3.05, 3.63) is 24.3 Å². The predicted octanol–water partition coefficient (Wildman–Crippen LogP) is 2.45. The SMILES string of the molecule is CCOc1ccccc1NC(=O)[C@@H]1CCCNC1.Cl. The van der Waals surface area contributed by atoms with E-state index in [0.29, 0.717) is 6.61 Å². The number of halogens is 1. The molecular weight excluding hydrogens is 264 g/mol. The number of hydrogen-bond donors (Lipinski definition) is 2. The van der Waals surface area contributed by atoms with Gasteiger partial charge in [0, 0.05) is 6.54 Å². The van der Waals surface area contributed by atoms with Crippen molar-refractivity contribution in [3.8, 4) is 5.75 Å². The predicted molar refractivity (Wildman–Crippen MR) is 79.1 cm³/mol. The average molecular weight is 285 g/mol. The summed E-state index contributed by atoms with van der Waals surface area (Å²) in [6.07, 6.45) is 2.01. The second-order valence-electron chi connectivity index (χ2n) is 4.46. The highest BCUT2D eigenvalue weighted by atomic mass is 35.5. The molecule has 4 nitrogen and oxygen atoms in total. The summed E-state index contributed by atoms with van der Waals surface area (Å²) in [4.78, 5) is 12.1. The lowest BCUT2D eigenvalue weighted by atomic mass is 9.99. The fourth-order valence-electron chi connectivity index (χ4n) is 2.16. The quantitative estimate of drug-likeness (QED) is 0.893. The molecule has 2 N–H and O–H groups in total. The second kappa shape index (κ2) is 8.02. The summed E-state index contributed by atoms with van der Waals surface area (Å²) in [6.45, 7) is 4.31. The van der Waals surface area contributed by atoms with Crippen LogP contribution in [0.15, 0.2) is 24.3 Å². The number of amides is 1. The van der Waals surface area contributed by atoms with Crippen LogP contribution >= 0.6 is 12.4 Å². The van der Waals surface area contributed by atoms with Crippen LogP contribution in [0.5, 0.6) is 5.75 Å². The van der Waals surface area contributed by atoms with E-state index in [1.165, 1.54) is 0 Å². The average Bonchev–Trinajstić information content (AvgIpc) is 2.42. The minimum absolute atomic E-state index is 0. The Bertz CT molecular complexity index is 406. The van der Waals surface area contributed by atoms with Crippen molar-refractivity contribution in [1.29, 1.82) is 0 Å². The summed E-state index contributed by atoms with van der Waals surface area (Å²) >= 11 is 0. The van der Waals surface area contributed by atoms with Gasteiger partial charge in [0.1, 0.15) is 5.75 Å². The van der Waals surface area contributed by atoms with Crippen LogP contribution in [0.3, 0.4) is 0 Å². The lowest BCUT2D eigenvalue weighted by Crippen LogP contribution is -2.37. The number of nitrogens with one attached hydrogen (secondary N) is 2. The Labute approximate surface area is 120 Å². The zero-order valence-electron chi connectivity index (χ0n) is 11.1. The van der Waals surface area contributed by atoms with E-state index in [2.05, 4.69) is 10.6 Å². The maximum Gasteiger partial charge on any atom is 0.228 e. The Balaban J connectivity index is 0.00000180. The van der Waals surface area contributed by atoms with Gasteiger partial charge in [0.2, 0.25) is 5.91 Å². The van der Waals surface area contributed by atoms with Gasteiger partial charge in [-0.15, -0.1) is 12.4 Å². The Morgan fingerprint density at radius 2 is 2.26 bits per heavy atom. The van der Waals surface area contributed by atoms with Gasteiger partial charge >= 0.3 is 0 Å². The van der Waals surface area contributed by atoms with Crippen molar-refractivity contribution < 1.29 is 9.53 Å². The Morgan fingerprint density at radius 1 is 1.47 bits per heavy atom. The van der Waals surface area contributed by atoms with Crippen LogP contribution in [0.2, 0.25) is 0 Å². The summed E-state index contributed by atoms with van der Waals surface area (Å²) in [5, 5.41) is 6.21. The first-order valence-corrected chi connectivity index (χ1v) is 6.54. The largest absolute Gasteiger partial charge is 0.492 e. The van der Waals surface area contributed by atoms with Crippen LogP contribution in [-0.2, 0) is 4.79 Å². The van der Waals surface area contributed by atoms with Crippen molar-refractivity contribution in [2.24, 2.45) is 5.92 Å². The summed E-state index contributed by atoms with van der Waals surface area (Å²) < 4.78 is 5.49. The third-order valence-corrected chi connectivity index (χ3v) is 3.11. The highest BCUT2D eigenvalue weighted by Gasteiger charge is 2.21. The molecule has 5 heteroatoms. The molecule has 0 aliphatic carbocycles. The van der Waals surface area contributed by atoms with E-state index in [4.69, 9.17) is 4.74 Å². The van der Waals surface area contributed by atoms with Gasteiger partial charge in [-0.25, -0.2) is 0 Å². The van der Waals surface area contributed by atoms with Crippen LogP contribution in [0.1, 0.15) is 19.8 Å². The van der Waals surface area contributed by atoms with Crippen LogP contribution in [0.25, 0.3) is 0 Å². The molecule has 0 saturated carbocycles. The van der Waals surface area contributed by atoms with Crippen LogP contribution in [0.4, 0.5) is 5.69 Å². The first-order valence-electron chi connectivity index (χ1n) is 6.54. The van der Waals surface area contributed by atoms with Crippen molar-refractivity contribution in [3.63, 3.8) is 0 Å². The summed E-state index contributed by atoms with van der Waals surface area (Å²) in [5.74, 6) is 0.875. The van der Waals surface area contributed by atoms with Gasteiger partial charge in [-0.05, 0) is 38.4 Å². The number of ether oxygens (including phenoxy) is 1. The van der Waals surface area contributed by atoms with Crippen molar-refractivity contribution in [2.45, 2.75) is 19.8 Å². The second-order valence-corrected chi connectivity index (χ2v) is 4.46. The molecule has 2 rings (SSSR count). The molecule has 0 bridgehead atoms. The molecule has 1 aliphatic rings. The molecular formula is C14H21ClN2O2. The van der Waals surface area contributed by atoms with Gasteiger partial charge in [0.15, 0.2) is 0 Å². The monoisotopic (exact) mass is 284 g/mol. The Hall–Kier alpha value is -1.26. The van der Waals surface area contributed by atoms with E-state index in [9.17, 15) is 4.79 Å². The lowest BCUT2D eigenvalue weighted by Gasteiger charge is -2.22. The maximum absolute atomic E-state index is 12.1. The van der Waals surface area contributed by atoms with Crippen molar-refractivity contribution >= 4 is 24.0 Å². The highest BCUT2D eigenvalue weighted by Crippen LogP contribution is 2.24. The Morgan fingerprint density at radius 3 is 2.95 bits per heavy atom. The molecule has 1 aromatic carbocycles. The van der Waals surface area contributed by atoms with Crippen LogP contribution < -0.4 is 15.4 Å². The molecule has 0 radical (unpaired) electrons. The van der Waals surface area contributed by atoms with Gasteiger partial charge in [-0.1, -0.05) is 12.1 Å². The summed E-state index contributed by atoms with van der Waals surface area (Å²) in [5.41, 5.74) is 0.759. The minimum atomic E-state index is 0. The topological polar surface area (TPSA) is 50.4 Å². The third-order valence-electron chi connectivity index (χ3n) is 3.11. The fourth-order valence-corrected chi connectivity index (χ4v) is 2.16. The van der Waals surface area contributed by atoms with E-state index in [-0.39, 0.29) is 24.2 Å². The van der Waals surface area contributed by atoms with E-state index >= 15 is 0 Å². The van der Waals surface area contributed by atoms with Gasteiger partial charge in [0.05, 0.1) is 18.2 Å². The molecule has 19 heavy (non-hydrogen) atoms. The van der Waals surface area contributed by atoms with E-state index in [1.54, 1.807) is 0 Å². The van der Waals surface area contributed by atoms with Crippen molar-refractivity contribution in [1.82, 2.24) is 5.32 Å². The number of rotatable bonds is 4. The summed E-state index contributed by atoms with van der Waals surface area (Å²) in [7, 11) is 0. The number of carbonyl (C=O) groups is 1. The van der Waals surface area contributed by atoms with Gasteiger partial charge < -0.3 is 15.4 Å². The normalized spacial score (nSPS) is 18.3. The number of anilines is 1. The first kappa shape index (κ1) is 15.8. The zero-order chi connectivity index (χ0) is 12.8. The van der Waals surface area contributed by atoms with Gasteiger partial charge in [-0.2, -0.15) is 0 Å². The number of hydrogen-bond acceptors (Lipinski definition) is 3. The standard InChI is InChI=1S/C14H20N2O2.ClH/c1-2-18-13-8-4-3-7-12(13)16-14(17)11-6-5-9-15-10-11;/h3-4,7-8,11,15H,2,5-6,9-10H2,1H3,(H,16,17);1H/t11-;/m1./s1. The van der Waals surface area contributed by atoms with Gasteiger partial charge in [-0.3, -0.25) is 4.79 Å². The highest BCUT2D eigenvalue weighted by molar-refractivity contribution is 5.94. The maximum atomic E-state index is 12.1. The van der Waals surface area contributed by atoms with Crippen LogP contribution in [-0.4, -0.2) is 25.6 Å². The third kappa shape index (κ3) is 4.40. The lowest BCUT2D eigenvalue weighted by molar-refractivity contribution is -0.120. The molecule has 1 saturated heterocycles.